The van der Waals surface area contributed by atoms with Crippen molar-refractivity contribution in [1.82, 2.24) is 24.1 Å². The first kappa shape index (κ1) is 17.9. The normalized spacial score (nSPS) is 15.0. The number of nitrogens with zero attached hydrogens (tertiary/aromatic N) is 5. The third-order valence-corrected chi connectivity index (χ3v) is 6.55. The van der Waals surface area contributed by atoms with Gasteiger partial charge in [0.25, 0.3) is 10.0 Å². The lowest BCUT2D eigenvalue weighted by molar-refractivity contribution is 0.353. The Balaban J connectivity index is 1.50. The zero-order valence-corrected chi connectivity index (χ0v) is 16.1. The zero-order valence-electron chi connectivity index (χ0n) is 15.3. The van der Waals surface area contributed by atoms with Crippen molar-refractivity contribution in [3.63, 3.8) is 0 Å². The molecule has 8 nitrogen and oxygen atoms in total. The van der Waals surface area contributed by atoms with Crippen LogP contribution < -0.4 is 0 Å². The van der Waals surface area contributed by atoms with E-state index in [1.54, 1.807) is 26.2 Å². The van der Waals surface area contributed by atoms with Crippen molar-refractivity contribution < 1.29 is 12.8 Å². The van der Waals surface area contributed by atoms with E-state index in [0.29, 0.717) is 36.7 Å². The summed E-state index contributed by atoms with van der Waals surface area (Å²) in [5.41, 5.74) is 2.49. The predicted molar refractivity (Wildman–Crippen MR) is 97.4 cm³/mol. The van der Waals surface area contributed by atoms with Gasteiger partial charge in [-0.05, 0) is 31.0 Å². The molecule has 1 aliphatic rings. The van der Waals surface area contributed by atoms with Crippen LogP contribution >= 0.6 is 0 Å². The summed E-state index contributed by atoms with van der Waals surface area (Å²) in [4.78, 5) is 8.64. The van der Waals surface area contributed by atoms with E-state index in [2.05, 4.69) is 15.1 Å². The summed E-state index contributed by atoms with van der Waals surface area (Å²) in [5.74, 6) is 1.42. The second-order valence-electron chi connectivity index (χ2n) is 6.67. The van der Waals surface area contributed by atoms with E-state index in [0.717, 1.165) is 17.7 Å². The Labute approximate surface area is 157 Å². The molecule has 0 saturated carbocycles. The molecule has 0 spiro atoms. The third-order valence-electron chi connectivity index (χ3n) is 4.65. The monoisotopic (exact) mass is 387 g/mol. The Morgan fingerprint density at radius 1 is 1.30 bits per heavy atom. The Morgan fingerprint density at radius 2 is 2.15 bits per heavy atom. The molecule has 3 aromatic rings. The first-order valence-electron chi connectivity index (χ1n) is 8.80. The second-order valence-corrected chi connectivity index (χ2v) is 8.56. The number of hydrogen-bond acceptors (Lipinski definition) is 6. The van der Waals surface area contributed by atoms with Crippen molar-refractivity contribution in [2.24, 2.45) is 7.05 Å². The summed E-state index contributed by atoms with van der Waals surface area (Å²) in [6, 6.07) is 5.51. The number of aromatic nitrogens is 4. The Bertz CT molecular complexity index is 1060. The topological polar surface area (TPSA) is 94.1 Å². The minimum atomic E-state index is -3.62. The fourth-order valence-electron chi connectivity index (χ4n) is 3.30. The van der Waals surface area contributed by atoms with E-state index in [1.165, 1.54) is 8.99 Å². The molecule has 0 saturated heterocycles. The quantitative estimate of drug-likeness (QED) is 0.661. The molecule has 0 N–H and O–H groups in total. The lowest BCUT2D eigenvalue weighted by Gasteiger charge is -2.24. The van der Waals surface area contributed by atoms with E-state index < -0.39 is 10.0 Å². The molecule has 1 aliphatic heterocycles. The molecule has 142 valence electrons. The van der Waals surface area contributed by atoms with Crippen LogP contribution in [-0.2, 0) is 42.9 Å². The van der Waals surface area contributed by atoms with Crippen molar-refractivity contribution >= 4 is 10.0 Å². The zero-order chi connectivity index (χ0) is 19.0. The third kappa shape index (κ3) is 3.52. The van der Waals surface area contributed by atoms with Gasteiger partial charge in [-0.1, -0.05) is 6.07 Å². The molecule has 0 unspecified atom stereocenters. The van der Waals surface area contributed by atoms with E-state index in [1.807, 2.05) is 18.3 Å². The molecule has 9 heteroatoms. The molecule has 0 bridgehead atoms. The van der Waals surface area contributed by atoms with Crippen LogP contribution in [0.1, 0.15) is 28.6 Å². The standard InChI is InChI=1S/C18H21N5O3S/c1-13-10-18(22(2)21-13)27(24,25)23-9-7-16-15(12-23)20-17(26-16)6-5-14-4-3-8-19-11-14/h3-4,8,10-11H,5-7,9,12H2,1-2H3. The van der Waals surface area contributed by atoms with Gasteiger partial charge in [0.2, 0.25) is 0 Å². The largest absolute Gasteiger partial charge is 0.445 e. The summed E-state index contributed by atoms with van der Waals surface area (Å²) in [6.07, 6.45) is 5.53. The van der Waals surface area contributed by atoms with Gasteiger partial charge >= 0.3 is 0 Å². The lowest BCUT2D eigenvalue weighted by Crippen LogP contribution is -2.36. The van der Waals surface area contributed by atoms with Crippen molar-refractivity contribution in [1.29, 1.82) is 0 Å². The Kier molecular flexibility index (Phi) is 4.56. The molecule has 0 atom stereocenters. The summed E-state index contributed by atoms with van der Waals surface area (Å²) >= 11 is 0. The summed E-state index contributed by atoms with van der Waals surface area (Å²) in [7, 11) is -1.98. The molecule has 0 fully saturated rings. The van der Waals surface area contributed by atoms with Gasteiger partial charge in [0.1, 0.15) is 5.76 Å². The van der Waals surface area contributed by atoms with Crippen LogP contribution in [0.2, 0.25) is 0 Å². The molecule has 0 radical (unpaired) electrons. The minimum absolute atomic E-state index is 0.198. The molecule has 0 amide bonds. The maximum absolute atomic E-state index is 12.9. The van der Waals surface area contributed by atoms with Crippen LogP contribution in [0, 0.1) is 6.92 Å². The van der Waals surface area contributed by atoms with Crippen molar-refractivity contribution in [2.45, 2.75) is 37.8 Å². The predicted octanol–water partition coefficient (Wildman–Crippen LogP) is 1.64. The van der Waals surface area contributed by atoms with Gasteiger partial charge in [0, 0.05) is 38.8 Å². The summed E-state index contributed by atoms with van der Waals surface area (Å²) in [5, 5.41) is 4.34. The van der Waals surface area contributed by atoms with E-state index in [9.17, 15) is 8.42 Å². The summed E-state index contributed by atoms with van der Waals surface area (Å²) < 4.78 is 34.6. The van der Waals surface area contributed by atoms with Crippen LogP contribution in [0.25, 0.3) is 0 Å². The highest BCUT2D eigenvalue weighted by Gasteiger charge is 2.33. The number of pyridine rings is 1. The van der Waals surface area contributed by atoms with E-state index >= 15 is 0 Å². The van der Waals surface area contributed by atoms with Crippen LogP contribution in [-0.4, -0.2) is 39.0 Å². The number of fused-ring (bicyclic) bond motifs is 1. The molecule has 3 aromatic heterocycles. The van der Waals surface area contributed by atoms with Crippen LogP contribution in [0.4, 0.5) is 0 Å². The van der Waals surface area contributed by atoms with Gasteiger partial charge in [-0.15, -0.1) is 0 Å². The number of hydrogen-bond donors (Lipinski definition) is 0. The minimum Gasteiger partial charge on any atom is -0.445 e. The van der Waals surface area contributed by atoms with Gasteiger partial charge in [0.05, 0.1) is 17.9 Å². The Hall–Kier alpha value is -2.52. The SMILES string of the molecule is Cc1cc(S(=O)(=O)N2CCc3oc(CCc4cccnc4)nc3C2)n(C)n1. The van der Waals surface area contributed by atoms with Gasteiger partial charge in [-0.3, -0.25) is 9.67 Å². The molecule has 27 heavy (non-hydrogen) atoms. The summed E-state index contributed by atoms with van der Waals surface area (Å²) in [6.45, 7) is 2.37. The highest BCUT2D eigenvalue weighted by molar-refractivity contribution is 7.89. The van der Waals surface area contributed by atoms with Gasteiger partial charge < -0.3 is 4.42 Å². The highest BCUT2D eigenvalue weighted by Crippen LogP contribution is 2.26. The van der Waals surface area contributed by atoms with Crippen LogP contribution in [0.5, 0.6) is 0 Å². The number of rotatable bonds is 5. The fraction of sp³-hybridized carbons (Fsp3) is 0.389. The molecule has 0 aromatic carbocycles. The van der Waals surface area contributed by atoms with Crippen molar-refractivity contribution in [3.05, 3.63) is 59.2 Å². The maximum Gasteiger partial charge on any atom is 0.260 e. The number of aryl methyl sites for hydroxylation is 4. The lowest BCUT2D eigenvalue weighted by atomic mass is 10.1. The molecule has 4 rings (SSSR count). The molecular weight excluding hydrogens is 366 g/mol. The molecule has 4 heterocycles. The van der Waals surface area contributed by atoms with Gasteiger partial charge in [0.15, 0.2) is 10.9 Å². The van der Waals surface area contributed by atoms with Crippen LogP contribution in [0.3, 0.4) is 0 Å². The number of oxazole rings is 1. The Morgan fingerprint density at radius 3 is 2.85 bits per heavy atom. The smallest absolute Gasteiger partial charge is 0.260 e. The highest BCUT2D eigenvalue weighted by atomic mass is 32.2. The van der Waals surface area contributed by atoms with Gasteiger partial charge in [-0.2, -0.15) is 9.40 Å². The van der Waals surface area contributed by atoms with Crippen molar-refractivity contribution in [2.75, 3.05) is 6.54 Å². The second kappa shape index (κ2) is 6.90. The van der Waals surface area contributed by atoms with Crippen molar-refractivity contribution in [3.8, 4) is 0 Å². The number of sulfonamides is 1. The average molecular weight is 387 g/mol. The van der Waals surface area contributed by atoms with Crippen LogP contribution in [0.15, 0.2) is 40.0 Å². The van der Waals surface area contributed by atoms with Gasteiger partial charge in [-0.25, -0.2) is 13.4 Å². The maximum atomic E-state index is 12.9. The molecule has 0 aliphatic carbocycles. The first-order chi connectivity index (χ1) is 12.9. The first-order valence-corrected chi connectivity index (χ1v) is 10.2. The average Bonchev–Trinajstić information content (AvgIpc) is 3.22. The molecular formula is C18H21N5O3S. The van der Waals surface area contributed by atoms with E-state index in [-0.39, 0.29) is 11.6 Å². The fourth-order valence-corrected chi connectivity index (χ4v) is 4.88. The van der Waals surface area contributed by atoms with E-state index in [4.69, 9.17) is 4.42 Å².